The van der Waals surface area contributed by atoms with Crippen LogP contribution in [0.3, 0.4) is 0 Å². The van der Waals surface area contributed by atoms with Gasteiger partial charge >= 0.3 is 0 Å². The fourth-order valence-corrected chi connectivity index (χ4v) is 3.56. The molecule has 0 aliphatic heterocycles. The van der Waals surface area contributed by atoms with Gasteiger partial charge in [-0.1, -0.05) is 13.8 Å². The summed E-state index contributed by atoms with van der Waals surface area (Å²) in [5.41, 5.74) is 5.73. The van der Waals surface area contributed by atoms with E-state index in [2.05, 4.69) is 18.8 Å². The Bertz CT molecular complexity index is 350. The Morgan fingerprint density at radius 1 is 1.56 bits per heavy atom. The number of aliphatic hydroxyl groups is 1. The molecule has 1 aliphatic carbocycles. The Hall–Kier alpha value is -0.450. The van der Waals surface area contributed by atoms with Gasteiger partial charge in [0.15, 0.2) is 0 Å². The fourth-order valence-electron chi connectivity index (χ4n) is 2.79. The zero-order chi connectivity index (χ0) is 11.8. The molecule has 2 atom stereocenters. The quantitative estimate of drug-likeness (QED) is 0.847. The highest BCUT2D eigenvalue weighted by atomic mass is 32.1. The van der Waals surface area contributed by atoms with Crippen LogP contribution in [0.5, 0.6) is 0 Å². The second-order valence-electron chi connectivity index (χ2n) is 5.56. The minimum Gasteiger partial charge on any atom is -0.392 e. The molecule has 2 unspecified atom stereocenters. The molecule has 3 nitrogen and oxygen atoms in total. The van der Waals surface area contributed by atoms with Gasteiger partial charge in [-0.05, 0) is 18.3 Å². The van der Waals surface area contributed by atoms with Gasteiger partial charge in [0, 0.05) is 30.0 Å². The first-order valence-electron chi connectivity index (χ1n) is 5.77. The van der Waals surface area contributed by atoms with Crippen LogP contribution in [0.4, 0.5) is 0 Å². The summed E-state index contributed by atoms with van der Waals surface area (Å²) in [5, 5.41) is 13.5. The second-order valence-corrected chi connectivity index (χ2v) is 6.54. The summed E-state index contributed by atoms with van der Waals surface area (Å²) in [5.74, 6) is 0. The highest BCUT2D eigenvalue weighted by Gasteiger charge is 2.51. The molecule has 4 heteroatoms. The number of hydrogen-bond donors (Lipinski definition) is 2. The van der Waals surface area contributed by atoms with E-state index >= 15 is 0 Å². The van der Waals surface area contributed by atoms with Gasteiger partial charge in [-0.15, -0.1) is 11.3 Å². The summed E-state index contributed by atoms with van der Waals surface area (Å²) in [6.45, 7) is 4.78. The summed E-state index contributed by atoms with van der Waals surface area (Å²) < 4.78 is 0. The predicted molar refractivity (Wildman–Crippen MR) is 66.3 cm³/mol. The van der Waals surface area contributed by atoms with Crippen LogP contribution in [0, 0.1) is 10.8 Å². The number of thiazole rings is 1. The van der Waals surface area contributed by atoms with E-state index in [1.165, 1.54) is 0 Å². The Labute approximate surface area is 101 Å². The summed E-state index contributed by atoms with van der Waals surface area (Å²) in [4.78, 5) is 4.31. The van der Waals surface area contributed by atoms with Crippen molar-refractivity contribution in [2.24, 2.45) is 16.6 Å². The minimum atomic E-state index is -0.325. The molecule has 1 fully saturated rings. The maximum atomic E-state index is 10.5. The first-order valence-corrected chi connectivity index (χ1v) is 6.65. The molecule has 3 N–H and O–H groups in total. The monoisotopic (exact) mass is 240 g/mol. The van der Waals surface area contributed by atoms with Crippen molar-refractivity contribution < 1.29 is 5.11 Å². The largest absolute Gasteiger partial charge is 0.392 e. The molecule has 90 valence electrons. The van der Waals surface area contributed by atoms with Crippen LogP contribution in [0.1, 0.15) is 31.7 Å². The lowest BCUT2D eigenvalue weighted by molar-refractivity contribution is -0.00465. The van der Waals surface area contributed by atoms with E-state index in [4.69, 9.17) is 5.73 Å². The van der Waals surface area contributed by atoms with Crippen LogP contribution in [0.25, 0.3) is 0 Å². The van der Waals surface area contributed by atoms with Crippen LogP contribution < -0.4 is 5.73 Å². The first kappa shape index (κ1) is 12.0. The third kappa shape index (κ3) is 1.90. The van der Waals surface area contributed by atoms with Crippen molar-refractivity contribution in [3.63, 3.8) is 0 Å². The molecule has 0 radical (unpaired) electrons. The van der Waals surface area contributed by atoms with E-state index in [1.54, 1.807) is 11.3 Å². The van der Waals surface area contributed by atoms with E-state index in [0.717, 1.165) is 24.3 Å². The third-order valence-electron chi connectivity index (χ3n) is 3.98. The topological polar surface area (TPSA) is 59.1 Å². The van der Waals surface area contributed by atoms with Crippen molar-refractivity contribution in [3.8, 4) is 0 Å². The average Bonchev–Trinajstić information content (AvgIpc) is 2.82. The first-order chi connectivity index (χ1) is 7.50. The number of rotatable bonds is 3. The molecule has 1 saturated carbocycles. The van der Waals surface area contributed by atoms with E-state index < -0.39 is 0 Å². The Morgan fingerprint density at radius 2 is 2.31 bits per heavy atom. The molecule has 1 aromatic rings. The molecule has 1 heterocycles. The van der Waals surface area contributed by atoms with Crippen LogP contribution in [0.2, 0.25) is 0 Å². The number of nitrogens with two attached hydrogens (primary N) is 1. The Morgan fingerprint density at radius 3 is 2.75 bits per heavy atom. The number of aromatic nitrogens is 1. The van der Waals surface area contributed by atoms with Gasteiger partial charge in [-0.3, -0.25) is 0 Å². The molecule has 0 amide bonds. The summed E-state index contributed by atoms with van der Waals surface area (Å²) >= 11 is 1.65. The fraction of sp³-hybridized carbons (Fsp3) is 0.750. The van der Waals surface area contributed by atoms with Gasteiger partial charge in [0.2, 0.25) is 0 Å². The van der Waals surface area contributed by atoms with Crippen molar-refractivity contribution >= 4 is 11.3 Å². The molecule has 0 spiro atoms. The number of hydrogen-bond acceptors (Lipinski definition) is 4. The molecule has 2 rings (SSSR count). The summed E-state index contributed by atoms with van der Waals surface area (Å²) in [7, 11) is 0. The average molecular weight is 240 g/mol. The molecule has 0 bridgehead atoms. The summed E-state index contributed by atoms with van der Waals surface area (Å²) in [6, 6.07) is 0. The lowest BCUT2D eigenvalue weighted by atomic mass is 9.76. The number of aliphatic hydroxyl groups excluding tert-OH is 1. The van der Waals surface area contributed by atoms with E-state index in [9.17, 15) is 5.11 Å². The van der Waals surface area contributed by atoms with E-state index in [1.807, 2.05) is 11.6 Å². The second kappa shape index (κ2) is 4.09. The van der Waals surface area contributed by atoms with E-state index in [0.29, 0.717) is 6.54 Å². The highest BCUT2D eigenvalue weighted by molar-refractivity contribution is 7.09. The third-order valence-corrected chi connectivity index (χ3v) is 4.76. The summed E-state index contributed by atoms with van der Waals surface area (Å²) in [6.07, 6.45) is 4.34. The minimum absolute atomic E-state index is 0.0172. The Balaban J connectivity index is 2.21. The highest BCUT2D eigenvalue weighted by Crippen LogP contribution is 2.50. The van der Waals surface area contributed by atoms with Crippen LogP contribution >= 0.6 is 11.3 Å². The van der Waals surface area contributed by atoms with Crippen LogP contribution in [0.15, 0.2) is 11.6 Å². The van der Waals surface area contributed by atoms with Crippen LogP contribution in [-0.2, 0) is 6.42 Å². The zero-order valence-electron chi connectivity index (χ0n) is 9.94. The van der Waals surface area contributed by atoms with Gasteiger partial charge < -0.3 is 10.8 Å². The van der Waals surface area contributed by atoms with E-state index in [-0.39, 0.29) is 16.9 Å². The molecule has 16 heavy (non-hydrogen) atoms. The van der Waals surface area contributed by atoms with Crippen LogP contribution in [-0.4, -0.2) is 22.7 Å². The van der Waals surface area contributed by atoms with Gasteiger partial charge in [0.25, 0.3) is 0 Å². The molecule has 0 saturated heterocycles. The van der Waals surface area contributed by atoms with Gasteiger partial charge in [0.05, 0.1) is 11.1 Å². The normalized spacial score (nSPS) is 33.1. The molecule has 1 aliphatic rings. The standard InChI is InChI=1S/C12H20N2OS/c1-11(2)3-4-12(8-13,10(11)15)7-9-14-5-6-16-9/h5-6,10,15H,3-4,7-8,13H2,1-2H3. The molecular formula is C12H20N2OS. The zero-order valence-corrected chi connectivity index (χ0v) is 10.8. The molecular weight excluding hydrogens is 220 g/mol. The van der Waals surface area contributed by atoms with Gasteiger partial charge in [0.1, 0.15) is 0 Å². The number of nitrogens with zero attached hydrogens (tertiary/aromatic N) is 1. The van der Waals surface area contributed by atoms with Crippen molar-refractivity contribution in [3.05, 3.63) is 16.6 Å². The molecule has 1 aromatic heterocycles. The SMILES string of the molecule is CC1(C)CCC(CN)(Cc2nccs2)C1O. The maximum absolute atomic E-state index is 10.5. The van der Waals surface area contributed by atoms with Gasteiger partial charge in [-0.25, -0.2) is 4.98 Å². The lowest BCUT2D eigenvalue weighted by Crippen LogP contribution is -2.44. The van der Waals surface area contributed by atoms with Crippen molar-refractivity contribution in [2.45, 2.75) is 39.2 Å². The van der Waals surface area contributed by atoms with Crippen molar-refractivity contribution in [2.75, 3.05) is 6.54 Å². The van der Waals surface area contributed by atoms with Gasteiger partial charge in [-0.2, -0.15) is 0 Å². The van der Waals surface area contributed by atoms with Crippen molar-refractivity contribution in [1.82, 2.24) is 4.98 Å². The predicted octanol–water partition coefficient (Wildman–Crippen LogP) is 1.81. The molecule has 0 aromatic carbocycles. The maximum Gasteiger partial charge on any atom is 0.0931 e. The Kier molecular flexibility index (Phi) is 3.07. The smallest absolute Gasteiger partial charge is 0.0931 e. The lowest BCUT2D eigenvalue weighted by Gasteiger charge is -2.35. The van der Waals surface area contributed by atoms with Crippen molar-refractivity contribution in [1.29, 1.82) is 0 Å².